The molecule has 0 atom stereocenters. The van der Waals surface area contributed by atoms with Gasteiger partial charge >= 0.3 is 0 Å². The highest BCUT2D eigenvalue weighted by atomic mass is 79.9. The summed E-state index contributed by atoms with van der Waals surface area (Å²) in [5.74, 6) is -0.793. The van der Waals surface area contributed by atoms with Crippen molar-refractivity contribution in [3.63, 3.8) is 0 Å². The molecule has 0 aliphatic rings. The molecule has 26 heavy (non-hydrogen) atoms. The van der Waals surface area contributed by atoms with E-state index in [4.69, 9.17) is 4.42 Å². The molecule has 3 rings (SSSR count). The number of halogens is 2. The van der Waals surface area contributed by atoms with Crippen molar-refractivity contribution >= 4 is 32.8 Å². The van der Waals surface area contributed by atoms with Gasteiger partial charge in [0.15, 0.2) is 11.4 Å². The van der Waals surface area contributed by atoms with E-state index in [2.05, 4.69) is 46.9 Å². The van der Waals surface area contributed by atoms with E-state index >= 15 is 0 Å². The zero-order valence-corrected chi connectivity index (χ0v) is 16.9. The topological polar surface area (TPSA) is 43.1 Å². The minimum Gasteiger partial charge on any atom is -0.434 e. The van der Waals surface area contributed by atoms with Gasteiger partial charge in [0.25, 0.3) is 5.89 Å². The second-order valence-electron chi connectivity index (χ2n) is 7.89. The number of oxazole rings is 1. The average Bonchev–Trinajstić information content (AvgIpc) is 2.98. The zero-order chi connectivity index (χ0) is 19.1. The van der Waals surface area contributed by atoms with Gasteiger partial charge in [0.05, 0.1) is 0 Å². The molecule has 0 fully saturated rings. The monoisotopic (exact) mass is 417 g/mol. The van der Waals surface area contributed by atoms with Crippen molar-refractivity contribution in [3.05, 3.63) is 64.2 Å². The SMILES string of the molecule is CC(C)(CC(C)(C)c1ccccc1)C(=O)c1nc2c(F)cc(Br)cc2o1. The van der Waals surface area contributed by atoms with E-state index in [0.717, 1.165) is 5.56 Å². The Balaban J connectivity index is 1.92. The molecule has 0 N–H and O–H groups in total. The first-order chi connectivity index (χ1) is 12.1. The second-order valence-corrected chi connectivity index (χ2v) is 8.81. The van der Waals surface area contributed by atoms with Gasteiger partial charge in [0.1, 0.15) is 5.52 Å². The number of Topliss-reactive ketones (excluding diaryl/α,β-unsaturated/α-hetero) is 1. The maximum absolute atomic E-state index is 14.0. The van der Waals surface area contributed by atoms with E-state index in [9.17, 15) is 9.18 Å². The predicted molar refractivity (Wildman–Crippen MR) is 104 cm³/mol. The molecule has 2 aromatic carbocycles. The van der Waals surface area contributed by atoms with Crippen molar-refractivity contribution in [2.45, 2.75) is 39.5 Å². The van der Waals surface area contributed by atoms with E-state index in [-0.39, 0.29) is 28.2 Å². The largest absolute Gasteiger partial charge is 0.434 e. The molecule has 1 aromatic heterocycles. The van der Waals surface area contributed by atoms with Gasteiger partial charge < -0.3 is 4.42 Å². The van der Waals surface area contributed by atoms with Crippen LogP contribution in [0, 0.1) is 11.2 Å². The number of fused-ring (bicyclic) bond motifs is 1. The molecule has 3 nitrogen and oxygen atoms in total. The van der Waals surface area contributed by atoms with Crippen LogP contribution in [-0.2, 0) is 5.41 Å². The Morgan fingerprint density at radius 2 is 1.81 bits per heavy atom. The number of carbonyl (C=O) groups excluding carboxylic acids is 1. The number of aromatic nitrogens is 1. The van der Waals surface area contributed by atoms with Crippen LogP contribution in [0.4, 0.5) is 4.39 Å². The molecule has 5 heteroatoms. The molecule has 0 bridgehead atoms. The first-order valence-electron chi connectivity index (χ1n) is 8.46. The highest BCUT2D eigenvalue weighted by molar-refractivity contribution is 9.10. The van der Waals surface area contributed by atoms with Crippen LogP contribution in [0.2, 0.25) is 0 Å². The molecule has 0 amide bonds. The summed E-state index contributed by atoms with van der Waals surface area (Å²) in [5, 5.41) is 0. The van der Waals surface area contributed by atoms with Crippen LogP contribution >= 0.6 is 15.9 Å². The fraction of sp³-hybridized carbons (Fsp3) is 0.333. The van der Waals surface area contributed by atoms with E-state index in [0.29, 0.717) is 10.9 Å². The number of nitrogens with zero attached hydrogens (tertiary/aromatic N) is 1. The number of benzene rings is 2. The second kappa shape index (κ2) is 6.62. The third-order valence-corrected chi connectivity index (χ3v) is 5.12. The Hall–Kier alpha value is -2.01. The van der Waals surface area contributed by atoms with Crippen molar-refractivity contribution in [1.29, 1.82) is 0 Å². The summed E-state index contributed by atoms with van der Waals surface area (Å²) < 4.78 is 20.2. The van der Waals surface area contributed by atoms with Gasteiger partial charge in [-0.2, -0.15) is 0 Å². The van der Waals surface area contributed by atoms with Crippen LogP contribution < -0.4 is 0 Å². The quantitative estimate of drug-likeness (QED) is 0.457. The van der Waals surface area contributed by atoms with Crippen LogP contribution in [0.3, 0.4) is 0 Å². The predicted octanol–water partition coefficient (Wildman–Crippen LogP) is 6.31. The summed E-state index contributed by atoms with van der Waals surface area (Å²) in [7, 11) is 0. The molecule has 1 heterocycles. The van der Waals surface area contributed by atoms with Crippen LogP contribution in [0.5, 0.6) is 0 Å². The molecule has 0 unspecified atom stereocenters. The fourth-order valence-electron chi connectivity index (χ4n) is 3.52. The van der Waals surface area contributed by atoms with E-state index in [1.165, 1.54) is 6.07 Å². The van der Waals surface area contributed by atoms with Crippen LogP contribution in [0.15, 0.2) is 51.4 Å². The smallest absolute Gasteiger partial charge is 0.264 e. The summed E-state index contributed by atoms with van der Waals surface area (Å²) in [4.78, 5) is 17.2. The lowest BCUT2D eigenvalue weighted by molar-refractivity contribution is 0.0760. The van der Waals surface area contributed by atoms with Crippen molar-refractivity contribution in [1.82, 2.24) is 4.98 Å². The van der Waals surface area contributed by atoms with Gasteiger partial charge in [-0.25, -0.2) is 9.37 Å². The lowest BCUT2D eigenvalue weighted by Gasteiger charge is -2.33. The Bertz CT molecular complexity index is 961. The normalized spacial score (nSPS) is 12.5. The Morgan fingerprint density at radius 1 is 1.15 bits per heavy atom. The van der Waals surface area contributed by atoms with E-state index in [1.807, 2.05) is 32.0 Å². The molecule has 0 saturated heterocycles. The molecule has 0 aliphatic heterocycles. The summed E-state index contributed by atoms with van der Waals surface area (Å²) in [5.41, 5.74) is 0.579. The average molecular weight is 418 g/mol. The standard InChI is InChI=1S/C21H21BrFNO2/c1-20(2,13-8-6-5-7-9-13)12-21(3,4)18(25)19-24-17-15(23)10-14(22)11-16(17)26-19/h5-11H,12H2,1-4H3. The maximum atomic E-state index is 14.0. The van der Waals surface area contributed by atoms with Gasteiger partial charge in [0, 0.05) is 9.89 Å². The Morgan fingerprint density at radius 3 is 2.46 bits per heavy atom. The molecule has 0 spiro atoms. The molecule has 0 saturated carbocycles. The molecule has 136 valence electrons. The van der Waals surface area contributed by atoms with Gasteiger partial charge in [-0.3, -0.25) is 4.79 Å². The number of rotatable bonds is 5. The van der Waals surface area contributed by atoms with Crippen LogP contribution in [0.25, 0.3) is 11.1 Å². The maximum Gasteiger partial charge on any atom is 0.264 e. The van der Waals surface area contributed by atoms with Gasteiger partial charge in [0.2, 0.25) is 5.78 Å². The number of carbonyl (C=O) groups is 1. The number of hydrogen-bond donors (Lipinski definition) is 0. The number of ketones is 1. The third kappa shape index (κ3) is 3.58. The molecule has 0 radical (unpaired) electrons. The van der Waals surface area contributed by atoms with E-state index < -0.39 is 11.2 Å². The third-order valence-electron chi connectivity index (χ3n) is 4.66. The minimum atomic E-state index is -0.714. The zero-order valence-electron chi connectivity index (χ0n) is 15.3. The Kier molecular flexibility index (Phi) is 4.78. The first-order valence-corrected chi connectivity index (χ1v) is 9.25. The van der Waals surface area contributed by atoms with Gasteiger partial charge in [-0.15, -0.1) is 0 Å². The van der Waals surface area contributed by atoms with Crippen molar-refractivity contribution in [2.24, 2.45) is 5.41 Å². The summed E-state index contributed by atoms with van der Waals surface area (Å²) in [6, 6.07) is 13.0. The lowest BCUT2D eigenvalue weighted by Crippen LogP contribution is -2.33. The first kappa shape index (κ1) is 18.8. The van der Waals surface area contributed by atoms with Crippen molar-refractivity contribution < 1.29 is 13.6 Å². The lowest BCUT2D eigenvalue weighted by atomic mass is 9.69. The van der Waals surface area contributed by atoms with Crippen LogP contribution in [0.1, 0.15) is 50.4 Å². The van der Waals surface area contributed by atoms with Gasteiger partial charge in [-0.1, -0.05) is 74.0 Å². The van der Waals surface area contributed by atoms with Crippen LogP contribution in [-0.4, -0.2) is 10.8 Å². The summed E-state index contributed by atoms with van der Waals surface area (Å²) >= 11 is 3.22. The molecular formula is C21H21BrFNO2. The Labute approximate surface area is 160 Å². The fourth-order valence-corrected chi connectivity index (χ4v) is 3.93. The number of hydrogen-bond acceptors (Lipinski definition) is 3. The van der Waals surface area contributed by atoms with E-state index in [1.54, 1.807) is 6.07 Å². The van der Waals surface area contributed by atoms with Crippen molar-refractivity contribution in [2.75, 3.05) is 0 Å². The van der Waals surface area contributed by atoms with Gasteiger partial charge in [-0.05, 0) is 29.5 Å². The summed E-state index contributed by atoms with van der Waals surface area (Å²) in [6.45, 7) is 7.97. The molecule has 3 aromatic rings. The molecule has 0 aliphatic carbocycles. The highest BCUT2D eigenvalue weighted by Gasteiger charge is 2.38. The summed E-state index contributed by atoms with van der Waals surface area (Å²) in [6.07, 6.45) is 0.605. The highest BCUT2D eigenvalue weighted by Crippen LogP contribution is 2.39. The van der Waals surface area contributed by atoms with Crippen molar-refractivity contribution in [3.8, 4) is 0 Å². The minimum absolute atomic E-state index is 0.0501. The molecular weight excluding hydrogens is 397 g/mol.